The van der Waals surface area contributed by atoms with Gasteiger partial charge in [-0.15, -0.1) is 11.3 Å². The van der Waals surface area contributed by atoms with Crippen LogP contribution in [-0.4, -0.2) is 161 Å². The molecule has 3 heterocycles. The van der Waals surface area contributed by atoms with Crippen molar-refractivity contribution in [1.82, 2.24) is 19.7 Å². The van der Waals surface area contributed by atoms with Gasteiger partial charge >= 0.3 is 19.8 Å². The van der Waals surface area contributed by atoms with Crippen LogP contribution in [-0.2, 0) is 63.5 Å². The normalized spacial score (nSPS) is 17.4. The minimum atomic E-state index is -5.10. The summed E-state index contributed by atoms with van der Waals surface area (Å²) in [6.45, 7) is 12.4. The van der Waals surface area contributed by atoms with Crippen molar-refractivity contribution in [3.8, 4) is 5.75 Å². The van der Waals surface area contributed by atoms with Crippen LogP contribution in [0.5, 0.6) is 5.75 Å². The van der Waals surface area contributed by atoms with E-state index in [-0.39, 0.29) is 131 Å². The van der Waals surface area contributed by atoms with E-state index in [1.165, 1.54) is 44.2 Å². The number of Topliss-reactive ketones (excluding diaryl/α,β-unsaturated/α-hetero) is 2. The van der Waals surface area contributed by atoms with Gasteiger partial charge in [-0.05, 0) is 74.7 Å². The second-order valence-corrected chi connectivity index (χ2v) is 22.3. The van der Waals surface area contributed by atoms with Crippen LogP contribution in [0.3, 0.4) is 0 Å². The molecule has 0 saturated carbocycles. The Balaban J connectivity index is 1.42. The molecule has 1 aromatic heterocycles. The molecule has 7 atom stereocenters. The Bertz CT molecular complexity index is 2410. The molecule has 2 aromatic rings. The molecule has 2 aliphatic heterocycles. The molecule has 1 aromatic carbocycles. The fraction of sp³-hybridized carbons (Fsp3) is 0.642. The van der Waals surface area contributed by atoms with Crippen LogP contribution in [0, 0.1) is 29.6 Å². The number of hydrogen-bond donors (Lipinski definition) is 4. The molecule has 3 unspecified atom stereocenters. The van der Waals surface area contributed by atoms with Crippen molar-refractivity contribution in [2.45, 2.75) is 124 Å². The van der Waals surface area contributed by atoms with Crippen LogP contribution in [0.15, 0.2) is 35.7 Å². The first-order valence-corrected chi connectivity index (χ1v) is 28.6. The SMILES string of the molecule is CC[C@H](C)C(CC(=O)C1CCCCN1C)C(=O)N(C)[C@H](C[C@@H](OC(C)=O)c1nc(C(=O)C[C@@H](Cc2ccc(OP(=O)(O)O)c(NC(=O)CCOCCOCCOCCN3C(=O)C=CC3=O)c2)CC(C)C(=O)O)cs1)C(C)C. The third kappa shape index (κ3) is 21.1. The summed E-state index contributed by atoms with van der Waals surface area (Å²) in [6.07, 6.45) is 4.96. The van der Waals surface area contributed by atoms with Crippen molar-refractivity contribution in [3.63, 3.8) is 0 Å². The Hall–Kier alpha value is -5.26. The summed E-state index contributed by atoms with van der Waals surface area (Å²) in [5.74, 6) is -6.18. The Labute approximate surface area is 454 Å². The van der Waals surface area contributed by atoms with E-state index in [0.717, 1.165) is 42.0 Å². The molecule has 2 aliphatic rings. The van der Waals surface area contributed by atoms with E-state index >= 15 is 0 Å². The fourth-order valence-corrected chi connectivity index (χ4v) is 10.7. The molecule has 77 heavy (non-hydrogen) atoms. The van der Waals surface area contributed by atoms with Crippen molar-refractivity contribution < 1.29 is 81.3 Å². The number of piperidine rings is 1. The topological polar surface area (TPSA) is 295 Å². The number of likely N-dealkylation sites (N-methyl/N-ethyl adjacent to an activating group) is 1. The number of nitrogens with one attached hydrogen (secondary N) is 1. The number of carbonyl (C=O) groups is 8. The summed E-state index contributed by atoms with van der Waals surface area (Å²) in [6, 6.07) is 3.48. The fourth-order valence-electron chi connectivity index (χ4n) is 9.41. The van der Waals surface area contributed by atoms with E-state index in [1.807, 2.05) is 34.7 Å². The molecule has 4 N–H and O–H groups in total. The molecule has 0 radical (unpaired) electrons. The number of carbonyl (C=O) groups excluding carboxylic acids is 7. The van der Waals surface area contributed by atoms with E-state index in [9.17, 15) is 57.8 Å². The molecule has 0 spiro atoms. The summed E-state index contributed by atoms with van der Waals surface area (Å²) < 4.78 is 39.0. The number of thiazole rings is 1. The highest BCUT2D eigenvalue weighted by molar-refractivity contribution is 7.46. The standard InChI is InChI=1S/C53H78N5O17PS/c1-9-34(4)39(30-45(61)42-12-10-11-18-56(42)7)52(65)57(8)43(33(2)3)31-47(74-36(6)59)51-55-41(32-77-51)44(60)29-38(26-35(5)53(66)67)27-37-13-14-46(75-76(68,69)70)40(28-37)54-48(62)17-20-71-22-24-73-25-23-72-21-19-58-49(63)15-16-50(58)64/h13-16,28,32-35,38-39,42-43,47H,9-12,17-27,29-31H2,1-8H3,(H,54,62)(H,66,67)(H2,68,69,70)/t34-,35?,38+,39?,42?,43+,47+/m0/s1. The zero-order valence-electron chi connectivity index (χ0n) is 45.5. The molecule has 1 fully saturated rings. The highest BCUT2D eigenvalue weighted by Gasteiger charge is 2.38. The minimum Gasteiger partial charge on any atom is -0.481 e. The van der Waals surface area contributed by atoms with Gasteiger partial charge < -0.3 is 38.8 Å². The molecule has 0 bridgehead atoms. The lowest BCUT2D eigenvalue weighted by Crippen LogP contribution is -2.48. The zero-order chi connectivity index (χ0) is 57.0. The van der Waals surface area contributed by atoms with Crippen LogP contribution >= 0.6 is 19.2 Å². The van der Waals surface area contributed by atoms with Gasteiger partial charge in [0.1, 0.15) is 10.7 Å². The third-order valence-electron chi connectivity index (χ3n) is 13.9. The highest BCUT2D eigenvalue weighted by Crippen LogP contribution is 2.42. The zero-order valence-corrected chi connectivity index (χ0v) is 47.2. The summed E-state index contributed by atoms with van der Waals surface area (Å²) in [4.78, 5) is 132. The average molecular weight is 1120 g/mol. The van der Waals surface area contributed by atoms with Gasteiger partial charge in [-0.2, -0.15) is 0 Å². The first kappa shape index (κ1) is 64.3. The number of phosphoric ester groups is 1. The predicted octanol–water partition coefficient (Wildman–Crippen LogP) is 6.04. The maximum atomic E-state index is 14.4. The summed E-state index contributed by atoms with van der Waals surface area (Å²) in [5.41, 5.74) is 0.453. The number of anilines is 1. The Morgan fingerprint density at radius 1 is 0.922 bits per heavy atom. The quantitative estimate of drug-likeness (QED) is 0.0201. The summed E-state index contributed by atoms with van der Waals surface area (Å²) >= 11 is 1.11. The number of rotatable bonds is 35. The van der Waals surface area contributed by atoms with Crippen LogP contribution in [0.1, 0.15) is 126 Å². The van der Waals surface area contributed by atoms with Gasteiger partial charge in [-0.1, -0.05) is 53.5 Å². The van der Waals surface area contributed by atoms with Crippen molar-refractivity contribution in [1.29, 1.82) is 0 Å². The summed E-state index contributed by atoms with van der Waals surface area (Å²) in [5, 5.41) is 14.3. The molecule has 4 amide bonds. The van der Waals surface area contributed by atoms with Crippen molar-refractivity contribution in [2.75, 3.05) is 72.1 Å². The molecular weight excluding hydrogens is 1040 g/mol. The predicted molar refractivity (Wildman–Crippen MR) is 284 cm³/mol. The number of carboxylic acid groups (broad SMARTS) is 1. The number of likely N-dealkylation sites (tertiary alicyclic amines) is 1. The number of ketones is 2. The largest absolute Gasteiger partial charge is 0.524 e. The van der Waals surface area contributed by atoms with E-state index < -0.39 is 73.2 Å². The second-order valence-electron chi connectivity index (χ2n) is 20.2. The number of carboxylic acids is 1. The van der Waals surface area contributed by atoms with Gasteiger partial charge in [0, 0.05) is 62.7 Å². The Morgan fingerprint density at radius 2 is 1.57 bits per heavy atom. The number of hydrogen-bond acceptors (Lipinski definition) is 17. The van der Waals surface area contributed by atoms with Crippen molar-refractivity contribution in [2.24, 2.45) is 29.6 Å². The first-order valence-electron chi connectivity index (χ1n) is 26.2. The molecule has 1 saturated heterocycles. The van der Waals surface area contributed by atoms with Gasteiger partial charge in [0.2, 0.25) is 11.8 Å². The lowest BCUT2D eigenvalue weighted by Gasteiger charge is -2.37. The molecule has 428 valence electrons. The minimum absolute atomic E-state index is 0.0428. The smallest absolute Gasteiger partial charge is 0.481 e. The highest BCUT2D eigenvalue weighted by atomic mass is 32.1. The molecule has 0 aliphatic carbocycles. The lowest BCUT2D eigenvalue weighted by molar-refractivity contribution is -0.150. The number of imide groups is 1. The van der Waals surface area contributed by atoms with E-state index in [2.05, 4.69) is 15.2 Å². The van der Waals surface area contributed by atoms with E-state index in [1.54, 1.807) is 17.3 Å². The molecule has 24 heteroatoms. The number of nitrogens with zero attached hydrogens (tertiary/aromatic N) is 4. The Morgan fingerprint density at radius 3 is 2.17 bits per heavy atom. The number of ether oxygens (including phenoxy) is 4. The van der Waals surface area contributed by atoms with E-state index in [0.29, 0.717) is 17.0 Å². The van der Waals surface area contributed by atoms with Crippen molar-refractivity contribution in [3.05, 3.63) is 52.0 Å². The van der Waals surface area contributed by atoms with Gasteiger partial charge in [-0.3, -0.25) is 57.9 Å². The van der Waals surface area contributed by atoms with Gasteiger partial charge in [0.05, 0.1) is 70.3 Å². The Kier molecular flexibility index (Phi) is 26.2. The summed E-state index contributed by atoms with van der Waals surface area (Å²) in [7, 11) is -1.44. The number of esters is 1. The van der Waals surface area contributed by atoms with Crippen LogP contribution in [0.2, 0.25) is 0 Å². The third-order valence-corrected chi connectivity index (χ3v) is 15.3. The number of aromatic nitrogens is 1. The molecule has 22 nitrogen and oxygen atoms in total. The second kappa shape index (κ2) is 31.4. The number of benzene rings is 1. The number of phosphoric acid groups is 1. The van der Waals surface area contributed by atoms with Crippen LogP contribution < -0.4 is 9.84 Å². The van der Waals surface area contributed by atoms with Crippen LogP contribution in [0.25, 0.3) is 0 Å². The number of amides is 4. The maximum absolute atomic E-state index is 14.4. The van der Waals surface area contributed by atoms with Gasteiger partial charge in [0.15, 0.2) is 23.4 Å². The molecule has 4 rings (SSSR count). The first-order chi connectivity index (χ1) is 36.4. The van der Waals surface area contributed by atoms with Crippen molar-refractivity contribution >= 4 is 72.0 Å². The van der Waals surface area contributed by atoms with Crippen LogP contribution in [0.4, 0.5) is 5.69 Å². The molecular formula is C53H78N5O17PS. The maximum Gasteiger partial charge on any atom is 0.524 e. The lowest BCUT2D eigenvalue weighted by atomic mass is 9.83. The van der Waals surface area contributed by atoms with Gasteiger partial charge in [0.25, 0.3) is 11.8 Å². The monoisotopic (exact) mass is 1120 g/mol. The average Bonchev–Trinajstić information content (AvgIpc) is 3.99. The number of aliphatic carboxylic acids is 1. The van der Waals surface area contributed by atoms with E-state index in [4.69, 9.17) is 23.5 Å². The van der Waals surface area contributed by atoms with Gasteiger partial charge in [-0.25, -0.2) is 9.55 Å².